The Morgan fingerprint density at radius 2 is 1.95 bits per heavy atom. The van der Waals surface area contributed by atoms with Crippen LogP contribution < -0.4 is 10.6 Å². The van der Waals surface area contributed by atoms with Crippen LogP contribution in [-0.2, 0) is 4.79 Å². The highest BCUT2D eigenvalue weighted by Crippen LogP contribution is 2.09. The number of urea groups is 1. The van der Waals surface area contributed by atoms with Gasteiger partial charge in [-0.3, -0.25) is 0 Å². The zero-order valence-corrected chi connectivity index (χ0v) is 11.8. The smallest absolute Gasteiger partial charge is 0.326 e. The summed E-state index contributed by atoms with van der Waals surface area (Å²) in [4.78, 5) is 24.7. The number of aliphatic carboxylic acids is 1. The molecule has 6 heteroatoms. The molecule has 2 atom stereocenters. The zero-order valence-electron chi connectivity index (χ0n) is 11.8. The lowest BCUT2D eigenvalue weighted by atomic mass is 10.1. The van der Waals surface area contributed by atoms with Gasteiger partial charge in [0.1, 0.15) is 6.04 Å². The van der Waals surface area contributed by atoms with Crippen LogP contribution >= 0.6 is 0 Å². The van der Waals surface area contributed by atoms with Crippen molar-refractivity contribution in [1.82, 2.24) is 15.5 Å². The van der Waals surface area contributed by atoms with Crippen LogP contribution in [0.15, 0.2) is 0 Å². The summed E-state index contributed by atoms with van der Waals surface area (Å²) in [6.07, 6.45) is 2.90. The fraction of sp³-hybridized carbons (Fsp3) is 0.846. The normalized spacial score (nSPS) is 18.8. The van der Waals surface area contributed by atoms with Gasteiger partial charge in [-0.2, -0.15) is 0 Å². The molecule has 0 saturated carbocycles. The minimum Gasteiger partial charge on any atom is -0.480 e. The maximum atomic E-state index is 11.6. The number of carboxylic acids is 1. The number of carbonyl (C=O) groups is 2. The molecule has 0 spiro atoms. The van der Waals surface area contributed by atoms with E-state index in [4.69, 9.17) is 5.11 Å². The average molecular weight is 271 g/mol. The van der Waals surface area contributed by atoms with Crippen LogP contribution in [0, 0.1) is 5.92 Å². The third-order valence-corrected chi connectivity index (χ3v) is 3.39. The number of nitrogens with one attached hydrogen (secondary N) is 2. The van der Waals surface area contributed by atoms with E-state index in [0.717, 1.165) is 19.6 Å². The summed E-state index contributed by atoms with van der Waals surface area (Å²) in [5.74, 6) is -0.628. The van der Waals surface area contributed by atoms with Crippen molar-refractivity contribution in [1.29, 1.82) is 0 Å². The van der Waals surface area contributed by atoms with Gasteiger partial charge >= 0.3 is 12.0 Å². The molecule has 1 rings (SSSR count). The van der Waals surface area contributed by atoms with Crippen molar-refractivity contribution in [2.45, 2.75) is 39.2 Å². The fourth-order valence-electron chi connectivity index (χ4n) is 2.29. The number of likely N-dealkylation sites (tertiary alicyclic amines) is 1. The van der Waals surface area contributed by atoms with Crippen LogP contribution in [-0.4, -0.2) is 54.2 Å². The second-order valence-corrected chi connectivity index (χ2v) is 5.27. The van der Waals surface area contributed by atoms with Crippen molar-refractivity contribution in [2.24, 2.45) is 5.92 Å². The van der Waals surface area contributed by atoms with Gasteiger partial charge in [0.05, 0.1) is 0 Å². The van der Waals surface area contributed by atoms with Crippen molar-refractivity contribution in [3.8, 4) is 0 Å². The van der Waals surface area contributed by atoms with E-state index in [0.29, 0.717) is 18.9 Å². The maximum Gasteiger partial charge on any atom is 0.326 e. The van der Waals surface area contributed by atoms with Crippen LogP contribution in [0.4, 0.5) is 4.79 Å². The van der Waals surface area contributed by atoms with Gasteiger partial charge in [-0.25, -0.2) is 9.59 Å². The summed E-state index contributed by atoms with van der Waals surface area (Å²) in [5, 5.41) is 14.0. The highest BCUT2D eigenvalue weighted by Gasteiger charge is 2.18. The number of carboxylic acid groups (broad SMARTS) is 1. The van der Waals surface area contributed by atoms with E-state index in [2.05, 4.69) is 22.5 Å². The van der Waals surface area contributed by atoms with E-state index in [1.54, 1.807) is 6.92 Å². The molecule has 1 aliphatic heterocycles. The Bertz CT molecular complexity index is 304. The molecule has 1 unspecified atom stereocenters. The number of carbonyl (C=O) groups excluding carboxylic acids is 1. The standard InChI is InChI=1S/C13H25N3O3/c1-3-11(12(17)18)15-13(19)14-8-10(2)9-16-6-4-5-7-16/h10-11H,3-9H2,1-2H3,(H,17,18)(H2,14,15,19)/t10?,11-/m0/s1. The number of nitrogens with zero attached hydrogens (tertiary/aromatic N) is 1. The van der Waals surface area contributed by atoms with Gasteiger partial charge in [0.25, 0.3) is 0 Å². The first-order valence-electron chi connectivity index (χ1n) is 7.02. The lowest BCUT2D eigenvalue weighted by Crippen LogP contribution is -2.47. The average Bonchev–Trinajstić information content (AvgIpc) is 2.85. The van der Waals surface area contributed by atoms with Gasteiger partial charge in [0.15, 0.2) is 0 Å². The Balaban J connectivity index is 2.19. The van der Waals surface area contributed by atoms with Crippen molar-refractivity contribution >= 4 is 12.0 Å². The molecule has 0 aromatic carbocycles. The topological polar surface area (TPSA) is 81.7 Å². The zero-order chi connectivity index (χ0) is 14.3. The fourth-order valence-corrected chi connectivity index (χ4v) is 2.29. The van der Waals surface area contributed by atoms with E-state index in [1.165, 1.54) is 12.8 Å². The molecule has 3 N–H and O–H groups in total. The lowest BCUT2D eigenvalue weighted by molar-refractivity contribution is -0.139. The summed E-state index contributed by atoms with van der Waals surface area (Å²) >= 11 is 0. The van der Waals surface area contributed by atoms with E-state index >= 15 is 0 Å². The molecule has 19 heavy (non-hydrogen) atoms. The van der Waals surface area contributed by atoms with E-state index < -0.39 is 18.0 Å². The molecule has 6 nitrogen and oxygen atoms in total. The van der Waals surface area contributed by atoms with Crippen LogP contribution in [0.2, 0.25) is 0 Å². The molecule has 1 fully saturated rings. The first-order valence-corrected chi connectivity index (χ1v) is 7.02. The van der Waals surface area contributed by atoms with E-state index in [1.807, 2.05) is 0 Å². The molecule has 0 aliphatic carbocycles. The molecule has 0 aromatic heterocycles. The highest BCUT2D eigenvalue weighted by atomic mass is 16.4. The summed E-state index contributed by atoms with van der Waals surface area (Å²) in [6.45, 7) is 7.66. The predicted molar refractivity (Wildman–Crippen MR) is 73.1 cm³/mol. The summed E-state index contributed by atoms with van der Waals surface area (Å²) < 4.78 is 0. The van der Waals surface area contributed by atoms with Crippen LogP contribution in [0.25, 0.3) is 0 Å². The first-order chi connectivity index (χ1) is 9.02. The van der Waals surface area contributed by atoms with Gasteiger partial charge in [-0.05, 0) is 38.3 Å². The molecule has 0 bridgehead atoms. The third-order valence-electron chi connectivity index (χ3n) is 3.39. The summed E-state index contributed by atoms with van der Waals surface area (Å²) in [5.41, 5.74) is 0. The van der Waals surface area contributed by atoms with E-state index in [9.17, 15) is 9.59 Å². The minimum atomic E-state index is -0.997. The Labute approximate surface area is 114 Å². The summed E-state index contributed by atoms with van der Waals surface area (Å²) in [6, 6.07) is -1.21. The van der Waals surface area contributed by atoms with Crippen LogP contribution in [0.5, 0.6) is 0 Å². The molecule has 2 amide bonds. The van der Waals surface area contributed by atoms with Gasteiger partial charge < -0.3 is 20.6 Å². The van der Waals surface area contributed by atoms with Crippen LogP contribution in [0.1, 0.15) is 33.1 Å². The Hall–Kier alpha value is -1.30. The largest absolute Gasteiger partial charge is 0.480 e. The molecule has 1 saturated heterocycles. The second-order valence-electron chi connectivity index (χ2n) is 5.27. The molecule has 1 heterocycles. The number of hydrogen-bond donors (Lipinski definition) is 3. The Morgan fingerprint density at radius 3 is 2.47 bits per heavy atom. The van der Waals surface area contributed by atoms with Gasteiger partial charge in [0, 0.05) is 13.1 Å². The molecule has 110 valence electrons. The lowest BCUT2D eigenvalue weighted by Gasteiger charge is -2.21. The van der Waals surface area contributed by atoms with Crippen LogP contribution in [0.3, 0.4) is 0 Å². The molecular formula is C13H25N3O3. The Morgan fingerprint density at radius 1 is 1.32 bits per heavy atom. The van der Waals surface area contributed by atoms with Crippen molar-refractivity contribution in [2.75, 3.05) is 26.2 Å². The third kappa shape index (κ3) is 5.92. The predicted octanol–water partition coefficient (Wildman–Crippen LogP) is 0.881. The Kier molecular flexibility index (Phi) is 6.62. The molecule has 0 aromatic rings. The highest BCUT2D eigenvalue weighted by molar-refractivity contribution is 5.82. The molecular weight excluding hydrogens is 246 g/mol. The quantitative estimate of drug-likeness (QED) is 0.642. The maximum absolute atomic E-state index is 11.6. The number of amides is 2. The van der Waals surface area contributed by atoms with Crippen molar-refractivity contribution in [3.05, 3.63) is 0 Å². The van der Waals surface area contributed by atoms with Crippen molar-refractivity contribution < 1.29 is 14.7 Å². The van der Waals surface area contributed by atoms with Gasteiger partial charge in [0.2, 0.25) is 0 Å². The summed E-state index contributed by atoms with van der Waals surface area (Å²) in [7, 11) is 0. The monoisotopic (exact) mass is 271 g/mol. The van der Waals surface area contributed by atoms with Crippen molar-refractivity contribution in [3.63, 3.8) is 0 Å². The minimum absolute atomic E-state index is 0.369. The number of rotatable bonds is 7. The van der Waals surface area contributed by atoms with Gasteiger partial charge in [-0.1, -0.05) is 13.8 Å². The SMILES string of the molecule is CC[C@H](NC(=O)NCC(C)CN1CCCC1)C(=O)O. The number of hydrogen-bond acceptors (Lipinski definition) is 3. The molecule has 1 aliphatic rings. The first kappa shape index (κ1) is 15.8. The molecule has 0 radical (unpaired) electrons. The van der Waals surface area contributed by atoms with Gasteiger partial charge in [-0.15, -0.1) is 0 Å². The second kappa shape index (κ2) is 7.99. The van der Waals surface area contributed by atoms with E-state index in [-0.39, 0.29) is 0 Å².